The molecule has 5 atom stereocenters. The van der Waals surface area contributed by atoms with E-state index in [0.29, 0.717) is 18.1 Å². The molecule has 0 bridgehead atoms. The van der Waals surface area contributed by atoms with Gasteiger partial charge in [-0.1, -0.05) is 12.8 Å². The molecule has 0 amide bonds. The number of rotatable bonds is 5. The minimum Gasteiger partial charge on any atom is -0.379 e. The molecule has 0 radical (unpaired) electrons. The van der Waals surface area contributed by atoms with Gasteiger partial charge < -0.3 is 15.4 Å². The summed E-state index contributed by atoms with van der Waals surface area (Å²) in [4.78, 5) is 2.71. The number of halogens is 1. The second kappa shape index (κ2) is 9.57. The summed E-state index contributed by atoms with van der Waals surface area (Å²) in [6, 6.07) is 2.67. The van der Waals surface area contributed by atoms with Crippen LogP contribution in [0, 0.1) is 5.92 Å². The summed E-state index contributed by atoms with van der Waals surface area (Å²) in [5.74, 6) is 0.756. The molecule has 2 aliphatic heterocycles. The molecule has 2 saturated heterocycles. The molecule has 0 spiro atoms. The van der Waals surface area contributed by atoms with Gasteiger partial charge in [-0.25, -0.2) is 0 Å². The Labute approximate surface area is 148 Å². The number of piperidine rings is 1. The van der Waals surface area contributed by atoms with Gasteiger partial charge in [-0.15, -0.1) is 12.4 Å². The summed E-state index contributed by atoms with van der Waals surface area (Å²) in [7, 11) is 0. The van der Waals surface area contributed by atoms with Crippen LogP contribution in [0.1, 0.15) is 52.4 Å². The molecule has 0 aromatic carbocycles. The Kier molecular flexibility index (Phi) is 8.10. The van der Waals surface area contributed by atoms with E-state index in [2.05, 4.69) is 29.4 Å². The molecule has 2 heterocycles. The molecule has 3 rings (SSSR count). The Morgan fingerprint density at radius 1 is 1.22 bits per heavy atom. The predicted octanol–water partition coefficient (Wildman–Crippen LogP) is 2.42. The molecule has 136 valence electrons. The third kappa shape index (κ3) is 5.05. The molecule has 1 aliphatic carbocycles. The highest BCUT2D eigenvalue weighted by Crippen LogP contribution is 2.29. The number of morpholine rings is 1. The molecule has 0 aromatic heterocycles. The zero-order chi connectivity index (χ0) is 15.4. The van der Waals surface area contributed by atoms with Gasteiger partial charge in [0, 0.05) is 37.3 Å². The maximum Gasteiger partial charge on any atom is 0.0623 e. The van der Waals surface area contributed by atoms with Gasteiger partial charge in [-0.05, 0) is 52.0 Å². The average Bonchev–Trinajstić information content (AvgIpc) is 3.02. The maximum atomic E-state index is 5.68. The van der Waals surface area contributed by atoms with E-state index >= 15 is 0 Å². The van der Waals surface area contributed by atoms with E-state index < -0.39 is 0 Å². The number of hydrogen-bond acceptors (Lipinski definition) is 4. The van der Waals surface area contributed by atoms with Crippen LogP contribution in [0.5, 0.6) is 0 Å². The van der Waals surface area contributed by atoms with E-state index in [1.807, 2.05) is 0 Å². The van der Waals surface area contributed by atoms with Crippen molar-refractivity contribution in [2.24, 2.45) is 5.92 Å². The standard InChI is InChI=1S/C18H35N3O.ClH/c1-14-6-3-4-10-21(14)15(2)12-20-17-8-5-7-16(17)18-13-22-11-9-19-18;/h14-20H,3-13H2,1-2H3;1H. The highest BCUT2D eigenvalue weighted by Gasteiger charge is 2.35. The predicted molar refractivity (Wildman–Crippen MR) is 98.5 cm³/mol. The number of hydrogen-bond donors (Lipinski definition) is 2. The van der Waals surface area contributed by atoms with Gasteiger partial charge in [0.15, 0.2) is 0 Å². The molecular formula is C18H36ClN3O. The molecule has 23 heavy (non-hydrogen) atoms. The molecule has 0 aromatic rings. The fourth-order valence-corrected chi connectivity index (χ4v) is 4.80. The zero-order valence-corrected chi connectivity index (χ0v) is 15.7. The van der Waals surface area contributed by atoms with Crippen LogP contribution in [0.15, 0.2) is 0 Å². The Morgan fingerprint density at radius 3 is 2.83 bits per heavy atom. The van der Waals surface area contributed by atoms with Crippen molar-refractivity contribution in [1.29, 1.82) is 0 Å². The van der Waals surface area contributed by atoms with Gasteiger partial charge in [0.2, 0.25) is 0 Å². The van der Waals surface area contributed by atoms with Crippen LogP contribution < -0.4 is 10.6 Å². The normalized spacial score (nSPS) is 37.3. The SMILES string of the molecule is CC1CCCCN1C(C)CNC1CCCC1C1COCCN1.Cl. The monoisotopic (exact) mass is 345 g/mol. The van der Waals surface area contributed by atoms with Crippen LogP contribution >= 0.6 is 12.4 Å². The fourth-order valence-electron chi connectivity index (χ4n) is 4.80. The largest absolute Gasteiger partial charge is 0.379 e. The van der Waals surface area contributed by atoms with Crippen molar-refractivity contribution in [1.82, 2.24) is 15.5 Å². The van der Waals surface area contributed by atoms with Gasteiger partial charge in [-0.3, -0.25) is 4.90 Å². The van der Waals surface area contributed by atoms with E-state index in [1.165, 1.54) is 45.1 Å². The van der Waals surface area contributed by atoms with Crippen molar-refractivity contribution in [3.8, 4) is 0 Å². The quantitative estimate of drug-likeness (QED) is 0.802. The van der Waals surface area contributed by atoms with Crippen molar-refractivity contribution in [3.63, 3.8) is 0 Å². The smallest absolute Gasteiger partial charge is 0.0623 e. The number of nitrogens with zero attached hydrogens (tertiary/aromatic N) is 1. The average molecular weight is 346 g/mol. The molecule has 5 unspecified atom stereocenters. The third-order valence-corrected chi connectivity index (χ3v) is 6.13. The molecule has 5 heteroatoms. The van der Waals surface area contributed by atoms with E-state index in [9.17, 15) is 0 Å². The Morgan fingerprint density at radius 2 is 2.09 bits per heavy atom. The molecule has 1 saturated carbocycles. The number of likely N-dealkylation sites (tertiary alicyclic amines) is 1. The van der Waals surface area contributed by atoms with E-state index in [0.717, 1.165) is 38.3 Å². The summed E-state index contributed by atoms with van der Waals surface area (Å²) in [5, 5.41) is 7.58. The Bertz CT molecular complexity index is 338. The summed E-state index contributed by atoms with van der Waals surface area (Å²) in [6.07, 6.45) is 8.23. The van der Waals surface area contributed by atoms with Gasteiger partial charge in [0.05, 0.1) is 13.2 Å². The van der Waals surface area contributed by atoms with E-state index in [-0.39, 0.29) is 12.4 Å². The lowest BCUT2D eigenvalue weighted by Gasteiger charge is -2.39. The lowest BCUT2D eigenvalue weighted by molar-refractivity contribution is 0.0511. The minimum absolute atomic E-state index is 0. The topological polar surface area (TPSA) is 36.5 Å². The van der Waals surface area contributed by atoms with Gasteiger partial charge in [0.25, 0.3) is 0 Å². The first kappa shape index (κ1) is 19.5. The Balaban J connectivity index is 0.00000192. The first-order valence-electron chi connectivity index (χ1n) is 9.56. The Hall–Kier alpha value is 0.130. The van der Waals surface area contributed by atoms with Crippen molar-refractivity contribution >= 4 is 12.4 Å². The minimum atomic E-state index is 0. The third-order valence-electron chi connectivity index (χ3n) is 6.13. The van der Waals surface area contributed by atoms with Crippen LogP contribution in [0.3, 0.4) is 0 Å². The highest BCUT2D eigenvalue weighted by molar-refractivity contribution is 5.85. The van der Waals surface area contributed by atoms with Crippen LogP contribution in [0.4, 0.5) is 0 Å². The maximum absolute atomic E-state index is 5.68. The molecule has 4 nitrogen and oxygen atoms in total. The molecule has 3 fully saturated rings. The zero-order valence-electron chi connectivity index (χ0n) is 14.9. The van der Waals surface area contributed by atoms with Crippen LogP contribution in [-0.4, -0.2) is 61.9 Å². The van der Waals surface area contributed by atoms with E-state index in [4.69, 9.17) is 4.74 Å². The lowest BCUT2D eigenvalue weighted by atomic mass is 9.93. The second-order valence-corrected chi connectivity index (χ2v) is 7.68. The second-order valence-electron chi connectivity index (χ2n) is 7.68. The van der Waals surface area contributed by atoms with Gasteiger partial charge in [-0.2, -0.15) is 0 Å². The first-order chi connectivity index (χ1) is 10.8. The molecular weight excluding hydrogens is 310 g/mol. The van der Waals surface area contributed by atoms with E-state index in [1.54, 1.807) is 0 Å². The van der Waals surface area contributed by atoms with Crippen LogP contribution in [-0.2, 0) is 4.74 Å². The molecule has 2 N–H and O–H groups in total. The van der Waals surface area contributed by atoms with Crippen LogP contribution in [0.25, 0.3) is 0 Å². The first-order valence-corrected chi connectivity index (χ1v) is 9.56. The highest BCUT2D eigenvalue weighted by atomic mass is 35.5. The van der Waals surface area contributed by atoms with Crippen LogP contribution in [0.2, 0.25) is 0 Å². The lowest BCUT2D eigenvalue weighted by Crippen LogP contribution is -2.53. The summed E-state index contributed by atoms with van der Waals surface area (Å²) < 4.78 is 5.68. The fraction of sp³-hybridized carbons (Fsp3) is 1.00. The van der Waals surface area contributed by atoms with Crippen molar-refractivity contribution in [2.75, 3.05) is 32.8 Å². The van der Waals surface area contributed by atoms with Gasteiger partial charge >= 0.3 is 0 Å². The number of nitrogens with one attached hydrogen (secondary N) is 2. The summed E-state index contributed by atoms with van der Waals surface area (Å²) >= 11 is 0. The van der Waals surface area contributed by atoms with Gasteiger partial charge in [0.1, 0.15) is 0 Å². The summed E-state index contributed by atoms with van der Waals surface area (Å²) in [5.41, 5.74) is 0. The number of ether oxygens (including phenoxy) is 1. The molecule has 3 aliphatic rings. The van der Waals surface area contributed by atoms with Crippen molar-refractivity contribution in [2.45, 2.75) is 76.5 Å². The summed E-state index contributed by atoms with van der Waals surface area (Å²) in [6.45, 7) is 10.0. The van der Waals surface area contributed by atoms with Crippen molar-refractivity contribution in [3.05, 3.63) is 0 Å². The van der Waals surface area contributed by atoms with Crippen molar-refractivity contribution < 1.29 is 4.74 Å².